The molecule has 0 aliphatic carbocycles. The Kier molecular flexibility index (Phi) is 3.56. The molecule has 0 aliphatic rings. The number of benzene rings is 1. The first-order valence-electron chi connectivity index (χ1n) is 7.88. The van der Waals surface area contributed by atoms with E-state index in [-0.39, 0.29) is 10.8 Å². The van der Waals surface area contributed by atoms with Gasteiger partial charge in [-0.15, -0.1) is 11.3 Å². The van der Waals surface area contributed by atoms with Crippen molar-refractivity contribution >= 4 is 16.3 Å². The average molecular weight is 328 g/mol. The summed E-state index contributed by atoms with van der Waals surface area (Å²) in [5, 5.41) is 12.8. The lowest BCUT2D eigenvalue weighted by molar-refractivity contribution is 0.423. The number of nitrogens with zero attached hydrogens (tertiary/aromatic N) is 2. The fourth-order valence-corrected chi connectivity index (χ4v) is 3.49. The minimum Gasteiger partial charge on any atom is -0.507 e. The molecule has 1 aromatic carbocycles. The van der Waals surface area contributed by atoms with Gasteiger partial charge in [-0.3, -0.25) is 4.40 Å². The van der Waals surface area contributed by atoms with Gasteiger partial charge >= 0.3 is 0 Å². The van der Waals surface area contributed by atoms with E-state index in [4.69, 9.17) is 4.98 Å². The lowest BCUT2D eigenvalue weighted by atomic mass is 9.78. The second-order valence-corrected chi connectivity index (χ2v) is 9.01. The van der Waals surface area contributed by atoms with E-state index >= 15 is 0 Å². The highest BCUT2D eigenvalue weighted by atomic mass is 32.1. The third kappa shape index (κ3) is 2.88. The van der Waals surface area contributed by atoms with Gasteiger partial charge in [-0.1, -0.05) is 41.5 Å². The highest BCUT2D eigenvalue weighted by molar-refractivity contribution is 7.15. The number of imidazole rings is 1. The summed E-state index contributed by atoms with van der Waals surface area (Å²) in [6.07, 6.45) is 4.07. The lowest BCUT2D eigenvalue weighted by Gasteiger charge is -2.28. The SMILES string of the molecule is CC(C)(C)c1cc(-c2cn3ccsc3n2)cc(C(C)(C)C)c1O. The molecule has 23 heavy (non-hydrogen) atoms. The molecule has 2 heterocycles. The zero-order valence-corrected chi connectivity index (χ0v) is 15.5. The zero-order valence-electron chi connectivity index (χ0n) is 14.6. The van der Waals surface area contributed by atoms with Crippen molar-refractivity contribution in [1.82, 2.24) is 9.38 Å². The van der Waals surface area contributed by atoms with Crippen molar-refractivity contribution in [2.45, 2.75) is 52.4 Å². The number of fused-ring (bicyclic) bond motifs is 1. The standard InChI is InChI=1S/C19H24N2OS/c1-18(2,3)13-9-12(10-14(16(13)22)19(4,5)6)15-11-21-7-8-23-17(21)20-15/h7-11,22H,1-6H3. The molecule has 0 saturated heterocycles. The molecule has 0 saturated carbocycles. The summed E-state index contributed by atoms with van der Waals surface area (Å²) in [5.74, 6) is 0.412. The number of hydrogen-bond acceptors (Lipinski definition) is 3. The molecule has 0 amide bonds. The topological polar surface area (TPSA) is 37.5 Å². The van der Waals surface area contributed by atoms with Crippen molar-refractivity contribution < 1.29 is 5.11 Å². The number of phenols is 1. The van der Waals surface area contributed by atoms with E-state index in [1.165, 1.54) is 0 Å². The van der Waals surface area contributed by atoms with Crippen LogP contribution >= 0.6 is 11.3 Å². The Balaban J connectivity index is 2.26. The fourth-order valence-electron chi connectivity index (χ4n) is 2.79. The molecule has 0 radical (unpaired) electrons. The predicted molar refractivity (Wildman–Crippen MR) is 97.6 cm³/mol. The van der Waals surface area contributed by atoms with Crippen molar-refractivity contribution in [3.8, 4) is 17.0 Å². The minimum absolute atomic E-state index is 0.128. The first-order valence-corrected chi connectivity index (χ1v) is 8.76. The monoisotopic (exact) mass is 328 g/mol. The van der Waals surface area contributed by atoms with Gasteiger partial charge in [0.1, 0.15) is 5.75 Å². The van der Waals surface area contributed by atoms with Crippen molar-refractivity contribution in [3.63, 3.8) is 0 Å². The molecule has 0 bridgehead atoms. The van der Waals surface area contributed by atoms with E-state index in [0.717, 1.165) is 27.3 Å². The van der Waals surface area contributed by atoms with Gasteiger partial charge in [0.2, 0.25) is 0 Å². The summed E-state index contributed by atoms with van der Waals surface area (Å²) in [6, 6.07) is 4.16. The van der Waals surface area contributed by atoms with Crippen molar-refractivity contribution in [2.75, 3.05) is 0 Å². The van der Waals surface area contributed by atoms with Gasteiger partial charge in [-0.25, -0.2) is 4.98 Å². The summed E-state index contributed by atoms with van der Waals surface area (Å²) in [6.45, 7) is 12.8. The molecule has 0 fully saturated rings. The van der Waals surface area contributed by atoms with Crippen LogP contribution in [0.4, 0.5) is 0 Å². The number of aromatic hydroxyl groups is 1. The predicted octanol–water partition coefficient (Wildman–Crippen LogP) is 5.36. The van der Waals surface area contributed by atoms with Crippen LogP contribution in [0.3, 0.4) is 0 Å². The van der Waals surface area contributed by atoms with E-state index in [9.17, 15) is 5.11 Å². The van der Waals surface area contributed by atoms with Gasteiger partial charge in [0.25, 0.3) is 0 Å². The number of thiazole rings is 1. The fraction of sp³-hybridized carbons (Fsp3) is 0.421. The molecule has 4 heteroatoms. The van der Waals surface area contributed by atoms with Crippen LogP contribution in [0.5, 0.6) is 5.75 Å². The normalized spacial score (nSPS) is 13.0. The molecule has 2 aromatic heterocycles. The quantitative estimate of drug-likeness (QED) is 0.652. The van der Waals surface area contributed by atoms with Gasteiger partial charge in [0.15, 0.2) is 4.96 Å². The molecule has 3 rings (SSSR count). The Morgan fingerprint density at radius 1 is 1.00 bits per heavy atom. The maximum atomic E-state index is 10.8. The van der Waals surface area contributed by atoms with E-state index < -0.39 is 0 Å². The summed E-state index contributed by atoms with van der Waals surface area (Å²) >= 11 is 1.63. The molecule has 1 N–H and O–H groups in total. The molecule has 122 valence electrons. The van der Waals surface area contributed by atoms with Crippen LogP contribution in [0.1, 0.15) is 52.7 Å². The summed E-state index contributed by atoms with van der Waals surface area (Å²) < 4.78 is 2.04. The molecule has 3 aromatic rings. The largest absolute Gasteiger partial charge is 0.507 e. The van der Waals surface area contributed by atoms with Gasteiger partial charge in [-0.2, -0.15) is 0 Å². The highest BCUT2D eigenvalue weighted by Crippen LogP contribution is 2.41. The second-order valence-electron chi connectivity index (χ2n) is 8.14. The third-order valence-electron chi connectivity index (χ3n) is 4.11. The van der Waals surface area contributed by atoms with Gasteiger partial charge in [-0.05, 0) is 23.0 Å². The molecular weight excluding hydrogens is 304 g/mol. The average Bonchev–Trinajstić information content (AvgIpc) is 2.96. The van der Waals surface area contributed by atoms with Crippen LogP contribution in [0, 0.1) is 0 Å². The molecule has 0 atom stereocenters. The molecular formula is C19H24N2OS. The number of hydrogen-bond donors (Lipinski definition) is 1. The van der Waals surface area contributed by atoms with Crippen LogP contribution in [0.15, 0.2) is 29.9 Å². The third-order valence-corrected chi connectivity index (χ3v) is 4.89. The van der Waals surface area contributed by atoms with Gasteiger partial charge in [0.05, 0.1) is 5.69 Å². The van der Waals surface area contributed by atoms with Crippen LogP contribution in [0.2, 0.25) is 0 Å². The lowest BCUT2D eigenvalue weighted by Crippen LogP contribution is -2.17. The van der Waals surface area contributed by atoms with Crippen LogP contribution in [-0.4, -0.2) is 14.5 Å². The Labute approximate surface area is 141 Å². The first-order chi connectivity index (χ1) is 10.6. The Morgan fingerprint density at radius 2 is 1.57 bits per heavy atom. The van der Waals surface area contributed by atoms with Crippen molar-refractivity contribution in [3.05, 3.63) is 41.0 Å². The number of phenolic OH excluding ortho intramolecular Hbond substituents is 1. The summed E-state index contributed by atoms with van der Waals surface area (Å²) in [4.78, 5) is 5.71. The maximum absolute atomic E-state index is 10.8. The van der Waals surface area contributed by atoms with Crippen LogP contribution in [0.25, 0.3) is 16.2 Å². The van der Waals surface area contributed by atoms with Crippen LogP contribution in [-0.2, 0) is 10.8 Å². The molecule has 0 spiro atoms. The first kappa shape index (κ1) is 16.1. The Hall–Kier alpha value is -1.81. The minimum atomic E-state index is -0.128. The highest BCUT2D eigenvalue weighted by Gasteiger charge is 2.27. The number of rotatable bonds is 1. The Morgan fingerprint density at radius 3 is 2.04 bits per heavy atom. The summed E-state index contributed by atoms with van der Waals surface area (Å²) in [5.41, 5.74) is 3.70. The van der Waals surface area contributed by atoms with Crippen LogP contribution < -0.4 is 0 Å². The molecule has 0 unspecified atom stereocenters. The van der Waals surface area contributed by atoms with E-state index in [1.54, 1.807) is 11.3 Å². The number of aromatic nitrogens is 2. The van der Waals surface area contributed by atoms with E-state index in [2.05, 4.69) is 59.9 Å². The van der Waals surface area contributed by atoms with Crippen molar-refractivity contribution in [2.24, 2.45) is 0 Å². The summed E-state index contributed by atoms with van der Waals surface area (Å²) in [7, 11) is 0. The van der Waals surface area contributed by atoms with E-state index in [1.807, 2.05) is 16.0 Å². The molecule has 0 aliphatic heterocycles. The Bertz CT molecular complexity index is 796. The van der Waals surface area contributed by atoms with Gasteiger partial charge in [0, 0.05) is 34.5 Å². The smallest absolute Gasteiger partial charge is 0.194 e. The second kappa shape index (κ2) is 5.10. The maximum Gasteiger partial charge on any atom is 0.194 e. The van der Waals surface area contributed by atoms with Crippen molar-refractivity contribution in [1.29, 1.82) is 0 Å². The molecule has 3 nitrogen and oxygen atoms in total. The zero-order chi connectivity index (χ0) is 17.0. The van der Waals surface area contributed by atoms with E-state index in [0.29, 0.717) is 5.75 Å². The van der Waals surface area contributed by atoms with Gasteiger partial charge < -0.3 is 5.11 Å².